The van der Waals surface area contributed by atoms with Gasteiger partial charge in [0, 0.05) is 5.75 Å². The first-order valence-electron chi connectivity index (χ1n) is 5.29. The fourth-order valence-electron chi connectivity index (χ4n) is 0.915. The minimum Gasteiger partial charge on any atom is -0.465 e. The zero-order valence-electron chi connectivity index (χ0n) is 9.44. The van der Waals surface area contributed by atoms with E-state index in [4.69, 9.17) is 10.5 Å². The third-order valence-corrected chi connectivity index (χ3v) is 3.09. The summed E-state index contributed by atoms with van der Waals surface area (Å²) in [6.07, 6.45) is 1.10. The zero-order valence-corrected chi connectivity index (χ0v) is 10.3. The first-order valence-corrected chi connectivity index (χ1v) is 6.45. The average molecular weight is 235 g/mol. The molecule has 15 heavy (non-hydrogen) atoms. The predicted molar refractivity (Wildman–Crippen MR) is 62.8 cm³/mol. The van der Waals surface area contributed by atoms with E-state index in [9.17, 15) is 9.90 Å². The van der Waals surface area contributed by atoms with Crippen LogP contribution < -0.4 is 5.73 Å². The summed E-state index contributed by atoms with van der Waals surface area (Å²) in [6, 6.07) is -0.531. The lowest BCUT2D eigenvalue weighted by Gasteiger charge is -2.11. The number of hydrogen-bond acceptors (Lipinski definition) is 5. The molecule has 0 aromatic carbocycles. The third-order valence-electron chi connectivity index (χ3n) is 1.94. The fraction of sp³-hybridized carbons (Fsp3) is 0.900. The lowest BCUT2D eigenvalue weighted by atomic mass is 10.2. The number of esters is 1. The van der Waals surface area contributed by atoms with E-state index >= 15 is 0 Å². The SMILES string of the molecule is CCOC(=O)C(N)CCSCC(O)CC. The average Bonchev–Trinajstić information content (AvgIpc) is 2.23. The van der Waals surface area contributed by atoms with Gasteiger partial charge in [-0.15, -0.1) is 0 Å². The van der Waals surface area contributed by atoms with Crippen LogP contribution in [0.3, 0.4) is 0 Å². The van der Waals surface area contributed by atoms with Gasteiger partial charge in [-0.2, -0.15) is 11.8 Å². The number of rotatable bonds is 8. The monoisotopic (exact) mass is 235 g/mol. The molecule has 0 rings (SSSR count). The molecule has 2 atom stereocenters. The Morgan fingerprint density at radius 1 is 1.53 bits per heavy atom. The van der Waals surface area contributed by atoms with E-state index < -0.39 is 6.04 Å². The van der Waals surface area contributed by atoms with Crippen LogP contribution in [0.15, 0.2) is 0 Å². The first kappa shape index (κ1) is 14.7. The molecule has 5 heteroatoms. The van der Waals surface area contributed by atoms with Gasteiger partial charge in [0.15, 0.2) is 0 Å². The van der Waals surface area contributed by atoms with Gasteiger partial charge in [-0.3, -0.25) is 4.79 Å². The number of carbonyl (C=O) groups excluding carboxylic acids is 1. The largest absolute Gasteiger partial charge is 0.465 e. The number of hydrogen-bond donors (Lipinski definition) is 2. The fourth-order valence-corrected chi connectivity index (χ4v) is 2.01. The van der Waals surface area contributed by atoms with Crippen molar-refractivity contribution in [3.05, 3.63) is 0 Å². The van der Waals surface area contributed by atoms with Crippen LogP contribution in [0.25, 0.3) is 0 Å². The Balaban J connectivity index is 3.46. The molecule has 0 aliphatic heterocycles. The molecule has 0 saturated heterocycles. The van der Waals surface area contributed by atoms with E-state index in [1.54, 1.807) is 18.7 Å². The molecule has 2 unspecified atom stereocenters. The van der Waals surface area contributed by atoms with E-state index in [0.29, 0.717) is 18.8 Å². The molecule has 0 saturated carbocycles. The van der Waals surface area contributed by atoms with Gasteiger partial charge < -0.3 is 15.6 Å². The Kier molecular flexibility index (Phi) is 8.85. The number of thioether (sulfide) groups is 1. The summed E-state index contributed by atoms with van der Waals surface area (Å²) in [5, 5.41) is 9.27. The first-order chi connectivity index (χ1) is 7.11. The lowest BCUT2D eigenvalue weighted by molar-refractivity contribution is -0.144. The second-order valence-corrected chi connectivity index (χ2v) is 4.43. The molecule has 3 N–H and O–H groups in total. The Morgan fingerprint density at radius 3 is 2.73 bits per heavy atom. The van der Waals surface area contributed by atoms with Crippen LogP contribution >= 0.6 is 11.8 Å². The Labute approximate surface area is 95.6 Å². The number of aliphatic hydroxyl groups excluding tert-OH is 1. The highest BCUT2D eigenvalue weighted by atomic mass is 32.2. The molecule has 0 aromatic heterocycles. The summed E-state index contributed by atoms with van der Waals surface area (Å²) in [4.78, 5) is 11.1. The Hall–Kier alpha value is -0.260. The van der Waals surface area contributed by atoms with Gasteiger partial charge in [0.25, 0.3) is 0 Å². The van der Waals surface area contributed by atoms with Crippen molar-refractivity contribution in [3.63, 3.8) is 0 Å². The molecule has 0 amide bonds. The van der Waals surface area contributed by atoms with E-state index in [1.165, 1.54) is 0 Å². The van der Waals surface area contributed by atoms with E-state index in [1.807, 2.05) is 6.92 Å². The minimum atomic E-state index is -0.531. The Morgan fingerprint density at radius 2 is 2.20 bits per heavy atom. The van der Waals surface area contributed by atoms with Crippen LogP contribution in [0.5, 0.6) is 0 Å². The molecule has 0 spiro atoms. The van der Waals surface area contributed by atoms with Crippen LogP contribution in [0, 0.1) is 0 Å². The molecule has 0 radical (unpaired) electrons. The molecule has 0 heterocycles. The highest BCUT2D eigenvalue weighted by Crippen LogP contribution is 2.08. The van der Waals surface area contributed by atoms with Gasteiger partial charge >= 0.3 is 5.97 Å². The molecule has 0 aliphatic rings. The van der Waals surface area contributed by atoms with Crippen LogP contribution in [0.1, 0.15) is 26.7 Å². The van der Waals surface area contributed by atoms with E-state index in [-0.39, 0.29) is 12.1 Å². The van der Waals surface area contributed by atoms with Crippen molar-refractivity contribution in [2.45, 2.75) is 38.8 Å². The number of aliphatic hydroxyl groups is 1. The van der Waals surface area contributed by atoms with Crippen molar-refractivity contribution in [1.29, 1.82) is 0 Å². The molecule has 0 aromatic rings. The van der Waals surface area contributed by atoms with Crippen LogP contribution in [-0.4, -0.2) is 41.3 Å². The lowest BCUT2D eigenvalue weighted by Crippen LogP contribution is -2.32. The number of nitrogens with two attached hydrogens (primary N) is 1. The second-order valence-electron chi connectivity index (χ2n) is 3.28. The van der Waals surface area contributed by atoms with Gasteiger partial charge in [-0.05, 0) is 25.5 Å². The van der Waals surface area contributed by atoms with Crippen LogP contribution in [-0.2, 0) is 9.53 Å². The van der Waals surface area contributed by atoms with Crippen molar-refractivity contribution in [2.75, 3.05) is 18.1 Å². The zero-order chi connectivity index (χ0) is 11.7. The minimum absolute atomic E-state index is 0.256. The van der Waals surface area contributed by atoms with Gasteiger partial charge in [0.1, 0.15) is 6.04 Å². The Bertz CT molecular complexity index is 178. The van der Waals surface area contributed by atoms with Crippen LogP contribution in [0.2, 0.25) is 0 Å². The van der Waals surface area contributed by atoms with Crippen molar-refractivity contribution in [1.82, 2.24) is 0 Å². The predicted octanol–water partition coefficient (Wildman–Crippen LogP) is 0.771. The summed E-state index contributed by atoms with van der Waals surface area (Å²) in [5.74, 6) is 1.14. The number of ether oxygens (including phenoxy) is 1. The molecular weight excluding hydrogens is 214 g/mol. The van der Waals surface area contributed by atoms with Gasteiger partial charge in [0.05, 0.1) is 12.7 Å². The molecule has 90 valence electrons. The molecule has 0 bridgehead atoms. The summed E-state index contributed by atoms with van der Waals surface area (Å²) < 4.78 is 4.78. The maximum absolute atomic E-state index is 11.1. The van der Waals surface area contributed by atoms with Crippen molar-refractivity contribution in [3.8, 4) is 0 Å². The molecule has 4 nitrogen and oxygen atoms in total. The third kappa shape index (κ3) is 7.64. The maximum atomic E-state index is 11.1. The van der Waals surface area contributed by atoms with E-state index in [0.717, 1.165) is 12.2 Å². The maximum Gasteiger partial charge on any atom is 0.322 e. The topological polar surface area (TPSA) is 72.5 Å². The normalized spacial score (nSPS) is 14.7. The summed E-state index contributed by atoms with van der Waals surface area (Å²) >= 11 is 1.61. The standard InChI is InChI=1S/C10H21NO3S/c1-3-8(12)7-15-6-5-9(11)10(13)14-4-2/h8-9,12H,3-7,11H2,1-2H3. The van der Waals surface area contributed by atoms with Crippen molar-refractivity contribution >= 4 is 17.7 Å². The second kappa shape index (κ2) is 9.00. The quantitative estimate of drug-likeness (QED) is 0.480. The smallest absolute Gasteiger partial charge is 0.322 e. The van der Waals surface area contributed by atoms with Crippen LogP contribution in [0.4, 0.5) is 0 Å². The summed E-state index contributed by atoms with van der Waals surface area (Å²) in [7, 11) is 0. The molecule has 0 fully saturated rings. The highest BCUT2D eigenvalue weighted by Gasteiger charge is 2.13. The van der Waals surface area contributed by atoms with Crippen molar-refractivity contribution in [2.24, 2.45) is 5.73 Å². The van der Waals surface area contributed by atoms with Gasteiger partial charge in [0.2, 0.25) is 0 Å². The summed E-state index contributed by atoms with van der Waals surface area (Å²) in [5.41, 5.74) is 5.60. The molecular formula is C10H21NO3S. The summed E-state index contributed by atoms with van der Waals surface area (Å²) in [6.45, 7) is 4.07. The van der Waals surface area contributed by atoms with E-state index in [2.05, 4.69) is 0 Å². The highest BCUT2D eigenvalue weighted by molar-refractivity contribution is 7.99. The van der Waals surface area contributed by atoms with Crippen molar-refractivity contribution < 1.29 is 14.6 Å². The molecule has 0 aliphatic carbocycles. The van der Waals surface area contributed by atoms with Gasteiger partial charge in [-0.1, -0.05) is 6.92 Å². The number of carbonyl (C=O) groups is 1. The van der Waals surface area contributed by atoms with Gasteiger partial charge in [-0.25, -0.2) is 0 Å².